The van der Waals surface area contributed by atoms with E-state index in [2.05, 4.69) is 20.9 Å². The van der Waals surface area contributed by atoms with Gasteiger partial charge < -0.3 is 10.8 Å². The maximum absolute atomic E-state index is 9.67. The molecule has 0 bridgehead atoms. The second-order valence-electron chi connectivity index (χ2n) is 3.15. The maximum Gasteiger partial charge on any atom is 0.106 e. The predicted molar refractivity (Wildman–Crippen MR) is 51.6 cm³/mol. The van der Waals surface area contributed by atoms with Crippen molar-refractivity contribution < 1.29 is 5.11 Å². The third kappa shape index (κ3) is 1.95. The fourth-order valence-corrected chi connectivity index (χ4v) is 1.30. The topological polar surface area (TPSA) is 59.1 Å². The molecule has 0 radical (unpaired) electrons. The van der Waals surface area contributed by atoms with Gasteiger partial charge >= 0.3 is 0 Å². The van der Waals surface area contributed by atoms with Gasteiger partial charge in [0.25, 0.3) is 0 Å². The zero-order valence-electron chi connectivity index (χ0n) is 7.00. The van der Waals surface area contributed by atoms with Crippen molar-refractivity contribution in [2.75, 3.05) is 5.73 Å². The van der Waals surface area contributed by atoms with Crippen molar-refractivity contribution in [3.05, 3.63) is 22.4 Å². The molecule has 0 spiro atoms. The van der Waals surface area contributed by atoms with E-state index < -0.39 is 5.60 Å². The normalized spacial score (nSPS) is 11.7. The van der Waals surface area contributed by atoms with Crippen molar-refractivity contribution in [1.29, 1.82) is 0 Å². The van der Waals surface area contributed by atoms with Gasteiger partial charge in [0, 0.05) is 5.56 Å². The van der Waals surface area contributed by atoms with Gasteiger partial charge in [0.2, 0.25) is 0 Å². The molecule has 1 aromatic rings. The lowest BCUT2D eigenvalue weighted by Gasteiger charge is -2.19. The van der Waals surface area contributed by atoms with Crippen LogP contribution < -0.4 is 5.73 Å². The van der Waals surface area contributed by atoms with Gasteiger partial charge in [0.15, 0.2) is 0 Å². The van der Waals surface area contributed by atoms with Gasteiger partial charge in [0.05, 0.1) is 17.5 Å². The zero-order valence-corrected chi connectivity index (χ0v) is 8.59. The fraction of sp³-hybridized carbons (Fsp3) is 0.375. The van der Waals surface area contributed by atoms with Crippen LogP contribution in [0.1, 0.15) is 19.4 Å². The molecule has 0 amide bonds. The molecule has 0 saturated carbocycles. The Hall–Kier alpha value is -0.610. The van der Waals surface area contributed by atoms with E-state index in [-0.39, 0.29) is 0 Å². The molecule has 0 aliphatic heterocycles. The first kappa shape index (κ1) is 9.48. The Kier molecular flexibility index (Phi) is 2.39. The number of rotatable bonds is 1. The number of pyridine rings is 1. The van der Waals surface area contributed by atoms with Crippen molar-refractivity contribution >= 4 is 21.6 Å². The molecule has 3 N–H and O–H groups in total. The lowest BCUT2D eigenvalue weighted by Crippen LogP contribution is -2.17. The van der Waals surface area contributed by atoms with Gasteiger partial charge in [0.1, 0.15) is 4.60 Å². The molecule has 1 heterocycles. The molecule has 3 nitrogen and oxygen atoms in total. The number of anilines is 1. The van der Waals surface area contributed by atoms with E-state index in [0.29, 0.717) is 15.9 Å². The highest BCUT2D eigenvalue weighted by Crippen LogP contribution is 2.26. The maximum atomic E-state index is 9.67. The van der Waals surface area contributed by atoms with Crippen LogP contribution >= 0.6 is 15.9 Å². The van der Waals surface area contributed by atoms with E-state index in [1.807, 2.05) is 0 Å². The molecule has 0 fully saturated rings. The number of aromatic nitrogens is 1. The number of nitrogen functional groups attached to an aromatic ring is 1. The standard InChI is InChI=1S/C8H11BrN2O/c1-8(2,12)5-3-7(9)11-4-6(5)10/h3-4,12H,10H2,1-2H3. The van der Waals surface area contributed by atoms with Gasteiger partial charge in [-0.15, -0.1) is 0 Å². The van der Waals surface area contributed by atoms with E-state index >= 15 is 0 Å². The summed E-state index contributed by atoms with van der Waals surface area (Å²) in [4.78, 5) is 3.93. The summed E-state index contributed by atoms with van der Waals surface area (Å²) in [6.45, 7) is 3.37. The molecule has 0 aliphatic rings. The Balaban J connectivity index is 3.23. The van der Waals surface area contributed by atoms with Crippen molar-refractivity contribution in [3.8, 4) is 0 Å². The average molecular weight is 231 g/mol. The SMILES string of the molecule is CC(C)(O)c1cc(Br)ncc1N. The van der Waals surface area contributed by atoms with E-state index in [1.54, 1.807) is 19.9 Å². The minimum absolute atomic E-state index is 0.505. The quantitative estimate of drug-likeness (QED) is 0.722. The molecule has 4 heteroatoms. The van der Waals surface area contributed by atoms with Crippen LogP contribution in [0, 0.1) is 0 Å². The third-order valence-electron chi connectivity index (χ3n) is 1.56. The molecule has 1 aromatic heterocycles. The average Bonchev–Trinajstić information content (AvgIpc) is 1.92. The molecule has 12 heavy (non-hydrogen) atoms. The Morgan fingerprint density at radius 3 is 2.58 bits per heavy atom. The van der Waals surface area contributed by atoms with Gasteiger partial charge in [-0.25, -0.2) is 4.98 Å². The second-order valence-corrected chi connectivity index (χ2v) is 3.97. The molecule has 66 valence electrons. The van der Waals surface area contributed by atoms with Crippen LogP contribution in [0.15, 0.2) is 16.9 Å². The van der Waals surface area contributed by atoms with Crippen LogP contribution in [0.5, 0.6) is 0 Å². The molecule has 0 unspecified atom stereocenters. The summed E-state index contributed by atoms with van der Waals surface area (Å²) in [7, 11) is 0. The Morgan fingerprint density at radius 2 is 2.17 bits per heavy atom. The first-order chi connectivity index (χ1) is 5.41. The Morgan fingerprint density at radius 1 is 1.58 bits per heavy atom. The summed E-state index contributed by atoms with van der Waals surface area (Å²) >= 11 is 3.21. The van der Waals surface area contributed by atoms with Gasteiger partial charge in [-0.1, -0.05) is 0 Å². The van der Waals surface area contributed by atoms with E-state index in [9.17, 15) is 5.11 Å². The first-order valence-electron chi connectivity index (χ1n) is 3.55. The molecule has 0 atom stereocenters. The lowest BCUT2D eigenvalue weighted by molar-refractivity contribution is 0.0792. The van der Waals surface area contributed by atoms with Crippen LogP contribution in [0.25, 0.3) is 0 Å². The molecule has 0 aliphatic carbocycles. The Bertz CT molecular complexity index is 294. The van der Waals surface area contributed by atoms with Crippen molar-refractivity contribution in [2.24, 2.45) is 0 Å². The van der Waals surface area contributed by atoms with Crippen LogP contribution in [0.2, 0.25) is 0 Å². The van der Waals surface area contributed by atoms with Gasteiger partial charge in [-0.05, 0) is 35.8 Å². The Labute approximate surface area is 79.7 Å². The summed E-state index contributed by atoms with van der Waals surface area (Å²) in [5, 5.41) is 9.67. The highest BCUT2D eigenvalue weighted by atomic mass is 79.9. The number of hydrogen-bond acceptors (Lipinski definition) is 3. The number of aliphatic hydroxyl groups is 1. The van der Waals surface area contributed by atoms with Crippen LogP contribution in [0.4, 0.5) is 5.69 Å². The molecule has 0 aromatic carbocycles. The minimum atomic E-state index is -0.921. The monoisotopic (exact) mass is 230 g/mol. The largest absolute Gasteiger partial charge is 0.397 e. The van der Waals surface area contributed by atoms with E-state index in [1.165, 1.54) is 6.20 Å². The van der Waals surface area contributed by atoms with Crippen LogP contribution in [0.3, 0.4) is 0 Å². The van der Waals surface area contributed by atoms with Gasteiger partial charge in [-0.3, -0.25) is 0 Å². The molecular formula is C8H11BrN2O. The summed E-state index contributed by atoms with van der Waals surface area (Å²) in [5.41, 5.74) is 5.90. The van der Waals surface area contributed by atoms with Crippen molar-refractivity contribution in [2.45, 2.75) is 19.4 Å². The smallest absolute Gasteiger partial charge is 0.106 e. The fourth-order valence-electron chi connectivity index (χ4n) is 0.970. The van der Waals surface area contributed by atoms with Crippen molar-refractivity contribution in [3.63, 3.8) is 0 Å². The minimum Gasteiger partial charge on any atom is -0.397 e. The first-order valence-corrected chi connectivity index (χ1v) is 4.34. The number of nitrogens with zero attached hydrogens (tertiary/aromatic N) is 1. The third-order valence-corrected chi connectivity index (χ3v) is 1.99. The highest BCUT2D eigenvalue weighted by Gasteiger charge is 2.19. The summed E-state index contributed by atoms with van der Waals surface area (Å²) in [6.07, 6.45) is 1.53. The summed E-state index contributed by atoms with van der Waals surface area (Å²) < 4.78 is 0.675. The molecule has 0 saturated heterocycles. The summed E-state index contributed by atoms with van der Waals surface area (Å²) in [6, 6.07) is 1.72. The number of hydrogen-bond donors (Lipinski definition) is 2. The summed E-state index contributed by atoms with van der Waals surface area (Å²) in [5.74, 6) is 0. The number of halogens is 1. The van der Waals surface area contributed by atoms with Crippen LogP contribution in [-0.4, -0.2) is 10.1 Å². The second kappa shape index (κ2) is 3.03. The molecular weight excluding hydrogens is 220 g/mol. The highest BCUT2D eigenvalue weighted by molar-refractivity contribution is 9.10. The van der Waals surface area contributed by atoms with E-state index in [0.717, 1.165) is 0 Å². The molecule has 1 rings (SSSR count). The van der Waals surface area contributed by atoms with Crippen LogP contribution in [-0.2, 0) is 5.60 Å². The van der Waals surface area contributed by atoms with Gasteiger partial charge in [-0.2, -0.15) is 0 Å². The lowest BCUT2D eigenvalue weighted by atomic mass is 9.98. The predicted octanol–water partition coefficient (Wildman–Crippen LogP) is 1.65. The zero-order chi connectivity index (χ0) is 9.35. The number of nitrogens with two attached hydrogens (primary N) is 1. The van der Waals surface area contributed by atoms with Crippen molar-refractivity contribution in [1.82, 2.24) is 4.98 Å². The van der Waals surface area contributed by atoms with E-state index in [4.69, 9.17) is 5.73 Å².